The van der Waals surface area contributed by atoms with Gasteiger partial charge in [-0.25, -0.2) is 0 Å². The molecule has 3 aromatic rings. The number of benzene rings is 2. The topological polar surface area (TPSA) is 91.4 Å². The van der Waals surface area contributed by atoms with Crippen molar-refractivity contribution in [3.05, 3.63) is 71.0 Å². The molecule has 0 spiro atoms. The van der Waals surface area contributed by atoms with Crippen molar-refractivity contribution in [3.63, 3.8) is 0 Å². The van der Waals surface area contributed by atoms with Gasteiger partial charge in [-0.2, -0.15) is 17.4 Å². The van der Waals surface area contributed by atoms with Crippen LogP contribution in [0.25, 0.3) is 10.8 Å². The summed E-state index contributed by atoms with van der Waals surface area (Å²) in [6, 6.07) is 12.6. The van der Waals surface area contributed by atoms with Crippen LogP contribution in [-0.2, 0) is 21.5 Å². The van der Waals surface area contributed by atoms with E-state index in [4.69, 9.17) is 11.6 Å². The molecule has 1 unspecified atom stereocenters. The molecule has 162 valence electrons. The molecule has 1 aliphatic rings. The lowest BCUT2D eigenvalue weighted by Crippen LogP contribution is -2.48. The Bertz CT molecular complexity index is 1240. The Morgan fingerprint density at radius 3 is 2.74 bits per heavy atom. The SMILES string of the molecule is CC(C)NS(=O)(=O)N1Cc2ccc(Cl)cc2C(C(=O)Nc2cncc3ccccc23)C1. The van der Waals surface area contributed by atoms with E-state index in [1.54, 1.807) is 44.4 Å². The van der Waals surface area contributed by atoms with Crippen LogP contribution in [-0.4, -0.2) is 36.2 Å². The maximum absolute atomic E-state index is 13.4. The van der Waals surface area contributed by atoms with E-state index in [0.717, 1.165) is 21.9 Å². The fourth-order valence-electron chi connectivity index (χ4n) is 3.81. The molecule has 0 saturated heterocycles. The van der Waals surface area contributed by atoms with Gasteiger partial charge in [0.2, 0.25) is 5.91 Å². The molecule has 1 aromatic heterocycles. The lowest BCUT2D eigenvalue weighted by atomic mass is 9.90. The molecule has 31 heavy (non-hydrogen) atoms. The summed E-state index contributed by atoms with van der Waals surface area (Å²) in [6.07, 6.45) is 3.32. The third kappa shape index (κ3) is 4.57. The largest absolute Gasteiger partial charge is 0.324 e. The molecule has 7 nitrogen and oxygen atoms in total. The minimum absolute atomic E-state index is 0.0133. The summed E-state index contributed by atoms with van der Waals surface area (Å²) < 4.78 is 29.5. The first-order valence-corrected chi connectivity index (χ1v) is 11.8. The van der Waals surface area contributed by atoms with Crippen LogP contribution in [0.2, 0.25) is 5.02 Å². The van der Waals surface area contributed by atoms with Crippen LogP contribution in [0, 0.1) is 0 Å². The number of anilines is 1. The first kappa shape index (κ1) is 21.7. The van der Waals surface area contributed by atoms with E-state index >= 15 is 0 Å². The van der Waals surface area contributed by atoms with Crippen molar-refractivity contribution in [2.75, 3.05) is 11.9 Å². The predicted molar refractivity (Wildman–Crippen MR) is 122 cm³/mol. The zero-order valence-electron chi connectivity index (χ0n) is 17.2. The molecule has 1 aliphatic heterocycles. The third-order valence-corrected chi connectivity index (χ3v) is 7.15. The highest BCUT2D eigenvalue weighted by Crippen LogP contribution is 2.33. The molecular weight excluding hydrogens is 436 g/mol. The number of halogens is 1. The van der Waals surface area contributed by atoms with Gasteiger partial charge >= 0.3 is 0 Å². The molecule has 1 atom stereocenters. The number of hydrogen-bond donors (Lipinski definition) is 2. The number of carbonyl (C=O) groups is 1. The maximum atomic E-state index is 13.4. The number of hydrogen-bond acceptors (Lipinski definition) is 4. The summed E-state index contributed by atoms with van der Waals surface area (Å²) >= 11 is 6.19. The Kier molecular flexibility index (Phi) is 5.98. The van der Waals surface area contributed by atoms with Crippen molar-refractivity contribution < 1.29 is 13.2 Å². The molecular formula is C22H23ClN4O3S. The smallest absolute Gasteiger partial charge is 0.280 e. The van der Waals surface area contributed by atoms with Crippen LogP contribution in [0.15, 0.2) is 54.9 Å². The summed E-state index contributed by atoms with van der Waals surface area (Å²) in [5.41, 5.74) is 2.06. The van der Waals surface area contributed by atoms with E-state index in [-0.39, 0.29) is 25.0 Å². The summed E-state index contributed by atoms with van der Waals surface area (Å²) in [5, 5.41) is 5.20. The van der Waals surface area contributed by atoms with E-state index in [1.807, 2.05) is 24.3 Å². The van der Waals surface area contributed by atoms with Crippen LogP contribution in [0.5, 0.6) is 0 Å². The van der Waals surface area contributed by atoms with Gasteiger partial charge in [0, 0.05) is 41.1 Å². The third-order valence-electron chi connectivity index (χ3n) is 5.18. The highest BCUT2D eigenvalue weighted by molar-refractivity contribution is 7.87. The zero-order valence-corrected chi connectivity index (χ0v) is 18.7. The first-order chi connectivity index (χ1) is 14.7. The number of pyridine rings is 1. The van der Waals surface area contributed by atoms with Gasteiger partial charge < -0.3 is 5.32 Å². The Morgan fingerprint density at radius 1 is 1.19 bits per heavy atom. The Labute approximate surface area is 186 Å². The van der Waals surface area contributed by atoms with Crippen molar-refractivity contribution in [1.29, 1.82) is 0 Å². The Balaban J connectivity index is 1.69. The Hall–Kier alpha value is -2.52. The summed E-state index contributed by atoms with van der Waals surface area (Å²) in [4.78, 5) is 17.6. The molecule has 0 bridgehead atoms. The highest BCUT2D eigenvalue weighted by atomic mass is 35.5. The molecule has 2 aromatic carbocycles. The second-order valence-electron chi connectivity index (χ2n) is 7.86. The maximum Gasteiger partial charge on any atom is 0.280 e. The number of nitrogens with zero attached hydrogens (tertiary/aromatic N) is 2. The van der Waals surface area contributed by atoms with Crippen LogP contribution >= 0.6 is 11.6 Å². The average Bonchev–Trinajstić information content (AvgIpc) is 2.72. The molecule has 9 heteroatoms. The summed E-state index contributed by atoms with van der Waals surface area (Å²) in [6.45, 7) is 3.70. The molecule has 1 amide bonds. The van der Waals surface area contributed by atoms with Crippen LogP contribution in [0.3, 0.4) is 0 Å². The number of carbonyl (C=O) groups excluding carboxylic acids is 1. The normalized spacial score (nSPS) is 17.0. The summed E-state index contributed by atoms with van der Waals surface area (Å²) in [5.74, 6) is -1.03. The minimum Gasteiger partial charge on any atom is -0.324 e. The molecule has 0 fully saturated rings. The van der Waals surface area contributed by atoms with Gasteiger partial charge in [-0.1, -0.05) is 41.9 Å². The number of rotatable bonds is 5. The van der Waals surface area contributed by atoms with Crippen molar-refractivity contribution in [2.45, 2.75) is 32.4 Å². The zero-order chi connectivity index (χ0) is 22.2. The van der Waals surface area contributed by atoms with E-state index in [0.29, 0.717) is 10.7 Å². The number of nitrogens with one attached hydrogen (secondary N) is 2. The van der Waals surface area contributed by atoms with Crippen molar-refractivity contribution in [2.24, 2.45) is 0 Å². The van der Waals surface area contributed by atoms with E-state index in [2.05, 4.69) is 15.0 Å². The van der Waals surface area contributed by atoms with Crippen molar-refractivity contribution in [3.8, 4) is 0 Å². The second-order valence-corrected chi connectivity index (χ2v) is 10.0. The molecule has 0 saturated carbocycles. The monoisotopic (exact) mass is 458 g/mol. The average molecular weight is 459 g/mol. The summed E-state index contributed by atoms with van der Waals surface area (Å²) in [7, 11) is -3.75. The van der Waals surface area contributed by atoms with Crippen molar-refractivity contribution in [1.82, 2.24) is 14.0 Å². The van der Waals surface area contributed by atoms with Gasteiger partial charge in [0.05, 0.1) is 17.8 Å². The van der Waals surface area contributed by atoms with E-state index in [1.165, 1.54) is 4.31 Å². The standard InChI is InChI=1S/C22H23ClN4O3S/c1-14(2)26-31(29,30)27-12-16-7-8-17(23)9-19(16)20(13-27)22(28)25-21-11-24-10-15-5-3-4-6-18(15)21/h3-11,14,20,26H,12-13H2,1-2H3,(H,25,28). The van der Waals surface area contributed by atoms with Crippen molar-refractivity contribution >= 4 is 44.2 Å². The van der Waals surface area contributed by atoms with Gasteiger partial charge in [0.15, 0.2) is 0 Å². The molecule has 2 N–H and O–H groups in total. The highest BCUT2D eigenvalue weighted by Gasteiger charge is 2.36. The molecule has 4 rings (SSSR count). The Morgan fingerprint density at radius 2 is 1.97 bits per heavy atom. The fourth-order valence-corrected chi connectivity index (χ4v) is 5.39. The van der Waals surface area contributed by atoms with Gasteiger partial charge in [-0.05, 0) is 37.1 Å². The van der Waals surface area contributed by atoms with Gasteiger partial charge in [0.25, 0.3) is 10.2 Å². The number of fused-ring (bicyclic) bond motifs is 2. The van der Waals surface area contributed by atoms with Crippen LogP contribution < -0.4 is 10.0 Å². The molecule has 0 radical (unpaired) electrons. The van der Waals surface area contributed by atoms with Crippen LogP contribution in [0.1, 0.15) is 30.9 Å². The predicted octanol–water partition coefficient (Wildman–Crippen LogP) is 3.67. The number of amides is 1. The van der Waals surface area contributed by atoms with Crippen LogP contribution in [0.4, 0.5) is 5.69 Å². The van der Waals surface area contributed by atoms with E-state index < -0.39 is 16.1 Å². The van der Waals surface area contributed by atoms with Gasteiger partial charge in [0.1, 0.15) is 0 Å². The molecule has 0 aliphatic carbocycles. The quantitative estimate of drug-likeness (QED) is 0.610. The fraction of sp³-hybridized carbons (Fsp3) is 0.273. The lowest BCUT2D eigenvalue weighted by Gasteiger charge is -2.33. The van der Waals surface area contributed by atoms with E-state index in [9.17, 15) is 13.2 Å². The van der Waals surface area contributed by atoms with Gasteiger partial charge in [-0.3, -0.25) is 9.78 Å². The number of aromatic nitrogens is 1. The lowest BCUT2D eigenvalue weighted by molar-refractivity contribution is -0.118. The first-order valence-electron chi connectivity index (χ1n) is 9.94. The molecule has 2 heterocycles. The van der Waals surface area contributed by atoms with Gasteiger partial charge in [-0.15, -0.1) is 0 Å². The minimum atomic E-state index is -3.75. The second kappa shape index (κ2) is 8.55.